The molecular weight excluding hydrogens is 406 g/mol. The second-order valence-electron chi connectivity index (χ2n) is 7.85. The second-order valence-corrected chi connectivity index (χ2v) is 7.85. The first-order chi connectivity index (χ1) is 14.1. The van der Waals surface area contributed by atoms with Gasteiger partial charge in [-0.3, -0.25) is 19.2 Å². The lowest BCUT2D eigenvalue weighted by molar-refractivity contribution is -0.154. The van der Waals surface area contributed by atoms with Crippen molar-refractivity contribution in [2.24, 2.45) is 0 Å². The second kappa shape index (κ2) is 11.6. The van der Waals surface area contributed by atoms with Crippen LogP contribution in [0.3, 0.4) is 0 Å². The van der Waals surface area contributed by atoms with Gasteiger partial charge in [-0.1, -0.05) is 0 Å². The molecule has 0 spiro atoms. The average molecular weight is 444 g/mol. The van der Waals surface area contributed by atoms with Crippen LogP contribution in [0.15, 0.2) is 0 Å². The maximum absolute atomic E-state index is 12.9. The number of nitrogens with one attached hydrogen (secondary N) is 1. The maximum Gasteiger partial charge on any atom is 0.326 e. The number of carboxylic acid groups (broad SMARTS) is 1. The van der Waals surface area contributed by atoms with Gasteiger partial charge in [0, 0.05) is 28.2 Å². The lowest BCUT2D eigenvalue weighted by Gasteiger charge is -2.35. The SMILES string of the molecule is CN[C@@H](C)C(=O)N(C)[C@@H](C)C(=O)N(C)[C@@H](C)C(=O)N(C)[C@@H](C)C(=O)N(C)[C@@H](C)C(=O)O. The number of nitrogens with zero attached hydrogens (tertiary/aromatic N) is 4. The third-order valence-electron chi connectivity index (χ3n) is 5.95. The normalized spacial score (nSPS) is 15.7. The number of carboxylic acids is 1. The molecule has 0 heterocycles. The van der Waals surface area contributed by atoms with E-state index in [1.54, 1.807) is 20.9 Å². The van der Waals surface area contributed by atoms with Crippen LogP contribution in [0.4, 0.5) is 0 Å². The molecule has 11 heteroatoms. The van der Waals surface area contributed by atoms with E-state index in [1.165, 1.54) is 63.7 Å². The first-order valence-electron chi connectivity index (χ1n) is 10.1. The highest BCUT2D eigenvalue weighted by molar-refractivity contribution is 5.94. The molecule has 0 bridgehead atoms. The van der Waals surface area contributed by atoms with E-state index in [2.05, 4.69) is 5.32 Å². The Bertz CT molecular complexity index is 700. The third kappa shape index (κ3) is 6.65. The Balaban J connectivity index is 5.30. The molecule has 0 unspecified atom stereocenters. The number of carbonyl (C=O) groups excluding carboxylic acids is 4. The smallest absolute Gasteiger partial charge is 0.326 e. The molecule has 4 amide bonds. The van der Waals surface area contributed by atoms with Gasteiger partial charge in [-0.05, 0) is 41.7 Å². The maximum atomic E-state index is 12.9. The predicted octanol–water partition coefficient (Wildman–Crippen LogP) is -0.933. The van der Waals surface area contributed by atoms with Crippen LogP contribution >= 0.6 is 0 Å². The van der Waals surface area contributed by atoms with Crippen LogP contribution in [0.5, 0.6) is 0 Å². The summed E-state index contributed by atoms with van der Waals surface area (Å²) in [6, 6.07) is -4.14. The van der Waals surface area contributed by atoms with Crippen molar-refractivity contribution in [1.82, 2.24) is 24.9 Å². The fourth-order valence-electron chi connectivity index (χ4n) is 2.74. The van der Waals surface area contributed by atoms with Gasteiger partial charge in [0.25, 0.3) is 0 Å². The molecule has 0 fully saturated rings. The van der Waals surface area contributed by atoms with Gasteiger partial charge in [0.05, 0.1) is 6.04 Å². The van der Waals surface area contributed by atoms with Gasteiger partial charge in [-0.25, -0.2) is 4.79 Å². The molecule has 0 aromatic carbocycles. The molecule has 0 radical (unpaired) electrons. The molecule has 0 saturated carbocycles. The number of rotatable bonds is 10. The zero-order valence-electron chi connectivity index (χ0n) is 20.2. The zero-order valence-corrected chi connectivity index (χ0v) is 20.2. The van der Waals surface area contributed by atoms with E-state index in [0.29, 0.717) is 0 Å². The Morgan fingerprint density at radius 2 is 0.839 bits per heavy atom. The van der Waals surface area contributed by atoms with Crippen LogP contribution in [0.2, 0.25) is 0 Å². The molecule has 0 aliphatic carbocycles. The van der Waals surface area contributed by atoms with Crippen LogP contribution < -0.4 is 5.32 Å². The monoisotopic (exact) mass is 443 g/mol. The molecule has 2 N–H and O–H groups in total. The third-order valence-corrected chi connectivity index (χ3v) is 5.95. The van der Waals surface area contributed by atoms with E-state index in [9.17, 15) is 24.0 Å². The molecule has 0 rings (SSSR count). The van der Waals surface area contributed by atoms with Crippen molar-refractivity contribution in [2.75, 3.05) is 35.2 Å². The lowest BCUT2D eigenvalue weighted by atomic mass is 10.1. The summed E-state index contributed by atoms with van der Waals surface area (Å²) < 4.78 is 0. The standard InChI is InChI=1S/C20H37N5O6/c1-11(21-6)16(26)22(7)12(2)17(27)23(8)13(3)18(28)24(9)14(4)19(29)25(10)15(5)20(30)31/h11-15,21H,1-10H3,(H,30,31)/t11-,12-,13-,14-,15-/m0/s1. The van der Waals surface area contributed by atoms with Crippen molar-refractivity contribution in [3.63, 3.8) is 0 Å². The summed E-state index contributed by atoms with van der Waals surface area (Å²) in [5.74, 6) is -2.87. The van der Waals surface area contributed by atoms with Crippen LogP contribution in [0, 0.1) is 0 Å². The molecule has 0 aliphatic heterocycles. The van der Waals surface area contributed by atoms with Crippen LogP contribution in [-0.2, 0) is 24.0 Å². The Labute approximate surface area is 184 Å². The summed E-state index contributed by atoms with van der Waals surface area (Å²) in [5, 5.41) is 11.9. The lowest BCUT2D eigenvalue weighted by Crippen LogP contribution is -2.57. The van der Waals surface area contributed by atoms with Gasteiger partial charge in [0.15, 0.2) is 0 Å². The van der Waals surface area contributed by atoms with E-state index in [0.717, 1.165) is 4.90 Å². The van der Waals surface area contributed by atoms with Crippen molar-refractivity contribution < 1.29 is 29.1 Å². The Hall–Kier alpha value is -2.69. The Morgan fingerprint density at radius 1 is 0.581 bits per heavy atom. The zero-order chi connectivity index (χ0) is 24.8. The average Bonchev–Trinajstić information content (AvgIpc) is 2.76. The quantitative estimate of drug-likeness (QED) is 0.446. The minimum Gasteiger partial charge on any atom is -0.480 e. The summed E-state index contributed by atoms with van der Waals surface area (Å²) in [6.45, 7) is 7.66. The fourth-order valence-corrected chi connectivity index (χ4v) is 2.74. The largest absolute Gasteiger partial charge is 0.480 e. The van der Waals surface area contributed by atoms with Crippen molar-refractivity contribution in [3.05, 3.63) is 0 Å². The molecule has 178 valence electrons. The molecule has 31 heavy (non-hydrogen) atoms. The summed E-state index contributed by atoms with van der Waals surface area (Å²) >= 11 is 0. The minimum atomic E-state index is -1.16. The summed E-state index contributed by atoms with van der Waals surface area (Å²) in [4.78, 5) is 66.5. The highest BCUT2D eigenvalue weighted by Gasteiger charge is 2.35. The van der Waals surface area contributed by atoms with E-state index in [4.69, 9.17) is 5.11 Å². The molecule has 0 aliphatic rings. The number of likely N-dealkylation sites (N-methyl/N-ethyl adjacent to an activating group) is 5. The van der Waals surface area contributed by atoms with E-state index in [1.807, 2.05) is 0 Å². The first kappa shape index (κ1) is 28.3. The molecule has 0 aromatic heterocycles. The summed E-state index contributed by atoms with van der Waals surface area (Å²) in [6.07, 6.45) is 0. The van der Waals surface area contributed by atoms with Crippen LogP contribution in [0.1, 0.15) is 34.6 Å². The molecular formula is C20H37N5O6. The highest BCUT2D eigenvalue weighted by Crippen LogP contribution is 2.11. The number of hydrogen-bond donors (Lipinski definition) is 2. The van der Waals surface area contributed by atoms with Gasteiger partial charge < -0.3 is 30.0 Å². The molecule has 5 atom stereocenters. The van der Waals surface area contributed by atoms with Crippen molar-refractivity contribution in [3.8, 4) is 0 Å². The van der Waals surface area contributed by atoms with E-state index < -0.39 is 53.9 Å². The van der Waals surface area contributed by atoms with Gasteiger partial charge in [-0.15, -0.1) is 0 Å². The minimum absolute atomic E-state index is 0.261. The molecule has 0 saturated heterocycles. The van der Waals surface area contributed by atoms with E-state index in [-0.39, 0.29) is 5.91 Å². The van der Waals surface area contributed by atoms with E-state index >= 15 is 0 Å². The van der Waals surface area contributed by atoms with Gasteiger partial charge in [0.1, 0.15) is 24.2 Å². The van der Waals surface area contributed by atoms with Crippen molar-refractivity contribution >= 4 is 29.6 Å². The van der Waals surface area contributed by atoms with Crippen LogP contribution in [-0.4, -0.2) is 120 Å². The Morgan fingerprint density at radius 3 is 1.10 bits per heavy atom. The molecule has 11 nitrogen and oxygen atoms in total. The Kier molecular flexibility index (Phi) is 10.6. The topological polar surface area (TPSA) is 131 Å². The number of amides is 4. The highest BCUT2D eigenvalue weighted by atomic mass is 16.4. The van der Waals surface area contributed by atoms with Gasteiger partial charge in [0.2, 0.25) is 23.6 Å². The van der Waals surface area contributed by atoms with Crippen molar-refractivity contribution in [2.45, 2.75) is 64.8 Å². The van der Waals surface area contributed by atoms with Gasteiger partial charge in [-0.2, -0.15) is 0 Å². The van der Waals surface area contributed by atoms with Crippen molar-refractivity contribution in [1.29, 1.82) is 0 Å². The van der Waals surface area contributed by atoms with Crippen LogP contribution in [0.25, 0.3) is 0 Å². The predicted molar refractivity (Wildman–Crippen MR) is 115 cm³/mol. The number of aliphatic carboxylic acids is 1. The summed E-state index contributed by atoms with van der Waals surface area (Å²) in [5.41, 5.74) is 0. The first-order valence-corrected chi connectivity index (χ1v) is 10.1. The molecule has 0 aromatic rings. The fraction of sp³-hybridized carbons (Fsp3) is 0.750. The number of carbonyl (C=O) groups is 5. The number of hydrogen-bond acceptors (Lipinski definition) is 6. The van der Waals surface area contributed by atoms with Gasteiger partial charge >= 0.3 is 5.97 Å². The summed E-state index contributed by atoms with van der Waals surface area (Å²) in [7, 11) is 7.40.